The maximum absolute atomic E-state index is 13.9. The van der Waals surface area contributed by atoms with Crippen molar-refractivity contribution in [1.29, 1.82) is 0 Å². The summed E-state index contributed by atoms with van der Waals surface area (Å²) in [5, 5.41) is 14.9. The molecule has 3 N–H and O–H groups in total. The average Bonchev–Trinajstić information content (AvgIpc) is 3.12. The molecule has 2 aromatic carbocycles. The van der Waals surface area contributed by atoms with Gasteiger partial charge in [-0.05, 0) is 69.6 Å². The highest BCUT2D eigenvalue weighted by Crippen LogP contribution is 2.24. The van der Waals surface area contributed by atoms with Crippen molar-refractivity contribution < 1.29 is 38.6 Å². The van der Waals surface area contributed by atoms with E-state index in [1.807, 2.05) is 26.0 Å². The van der Waals surface area contributed by atoms with Gasteiger partial charge in [-0.1, -0.05) is 115 Å². The van der Waals surface area contributed by atoms with E-state index in [-0.39, 0.29) is 37.9 Å². The fourth-order valence-corrected chi connectivity index (χ4v) is 6.18. The van der Waals surface area contributed by atoms with E-state index in [1.165, 1.54) is 12.5 Å². The Bertz CT molecular complexity index is 1510. The predicted molar refractivity (Wildman–Crippen MR) is 212 cm³/mol. The van der Waals surface area contributed by atoms with Crippen LogP contribution in [0.3, 0.4) is 0 Å². The van der Waals surface area contributed by atoms with Gasteiger partial charge in [0.15, 0.2) is 11.6 Å². The number of carbonyl (C=O) groups excluding carboxylic acids is 5. The minimum Gasteiger partial charge on any atom is -0.480 e. The minimum absolute atomic E-state index is 0.0544. The highest BCUT2D eigenvalue weighted by Gasteiger charge is 2.31. The molecular weight excluding hydrogens is 684 g/mol. The molecule has 0 aliphatic rings. The Labute approximate surface area is 322 Å². The predicted octanol–water partition coefficient (Wildman–Crippen LogP) is 8.43. The van der Waals surface area contributed by atoms with Crippen LogP contribution in [0.2, 0.25) is 0 Å². The molecule has 298 valence electrons. The number of unbranched alkanes of at least 4 members (excludes halogenated alkanes) is 4. The first-order valence-electron chi connectivity index (χ1n) is 19.9. The number of rotatable bonds is 25. The number of carboxylic acids is 1. The Morgan fingerprint density at radius 2 is 1.26 bits per heavy atom. The number of carbonyl (C=O) groups is 6. The van der Waals surface area contributed by atoms with Gasteiger partial charge in [0.05, 0.1) is 6.04 Å². The first-order chi connectivity index (χ1) is 25.6. The van der Waals surface area contributed by atoms with Gasteiger partial charge in [-0.2, -0.15) is 0 Å². The Morgan fingerprint density at radius 3 is 1.81 bits per heavy atom. The molecule has 0 fully saturated rings. The summed E-state index contributed by atoms with van der Waals surface area (Å²) in [7, 11) is 0. The fraction of sp³-hybridized carbons (Fsp3) is 0.591. The normalized spacial score (nSPS) is 13.6. The van der Waals surface area contributed by atoms with Crippen molar-refractivity contribution in [3.05, 3.63) is 59.7 Å². The third-order valence-electron chi connectivity index (χ3n) is 9.45. The van der Waals surface area contributed by atoms with Gasteiger partial charge in [0.25, 0.3) is 0 Å². The van der Waals surface area contributed by atoms with Crippen LogP contribution in [-0.4, -0.2) is 58.1 Å². The van der Waals surface area contributed by atoms with Crippen LogP contribution in [0.15, 0.2) is 48.5 Å². The summed E-state index contributed by atoms with van der Waals surface area (Å²) < 4.78 is 5.43. The zero-order valence-corrected chi connectivity index (χ0v) is 33.6. The van der Waals surface area contributed by atoms with Gasteiger partial charge < -0.3 is 20.5 Å². The van der Waals surface area contributed by atoms with Crippen molar-refractivity contribution in [2.24, 2.45) is 11.8 Å². The summed E-state index contributed by atoms with van der Waals surface area (Å²) in [6.07, 6.45) is 7.36. The van der Waals surface area contributed by atoms with Gasteiger partial charge >= 0.3 is 11.9 Å². The molecule has 0 unspecified atom stereocenters. The quantitative estimate of drug-likeness (QED) is 0.0519. The van der Waals surface area contributed by atoms with Gasteiger partial charge in [0.2, 0.25) is 11.8 Å². The van der Waals surface area contributed by atoms with Crippen LogP contribution in [0.1, 0.15) is 148 Å². The van der Waals surface area contributed by atoms with Crippen LogP contribution in [0.4, 0.5) is 0 Å². The molecule has 0 aliphatic heterocycles. The molecule has 0 saturated heterocycles. The van der Waals surface area contributed by atoms with E-state index >= 15 is 0 Å². The standard InChI is InChI=1S/C44H64N2O8/c1-8-11-14-16-35(29-38(47)34-24-22-33(23-25-34)32-20-18-31(19-21-32)15-12-9-2)42(51)45-36(26-27-40(49)54-44(5,6)7)39(48)28-30(4)41(50)46-37(43(52)53)17-13-10-3/h18-25,30,35-37H,8-17,26-29H2,1-7H3,(H,45,51)(H,46,50)(H,52,53)/t30-,35-,36+,37+/m1/s1. The molecule has 2 aromatic rings. The SMILES string of the molecule is CCCCC[C@H](CC(=O)c1ccc(-c2ccc(CCCC)cc2)cc1)C(=O)N[C@@H](CCC(=O)OC(C)(C)C)C(=O)C[C@@H](C)C(=O)N[C@@H](CCCC)C(=O)O. The number of hydrogen-bond acceptors (Lipinski definition) is 7. The van der Waals surface area contributed by atoms with E-state index in [0.717, 1.165) is 49.7 Å². The summed E-state index contributed by atoms with van der Waals surface area (Å²) in [5.74, 6) is -4.99. The van der Waals surface area contributed by atoms with Crippen molar-refractivity contribution in [3.63, 3.8) is 0 Å². The first-order valence-corrected chi connectivity index (χ1v) is 19.9. The van der Waals surface area contributed by atoms with E-state index in [9.17, 15) is 33.9 Å². The number of amides is 2. The first kappa shape index (κ1) is 45.8. The highest BCUT2D eigenvalue weighted by atomic mass is 16.6. The number of esters is 1. The van der Waals surface area contributed by atoms with Crippen LogP contribution < -0.4 is 10.6 Å². The Morgan fingerprint density at radius 1 is 0.685 bits per heavy atom. The van der Waals surface area contributed by atoms with E-state index in [1.54, 1.807) is 32.9 Å². The Kier molecular flexibility index (Phi) is 19.9. The molecular formula is C44H64N2O8. The largest absolute Gasteiger partial charge is 0.480 e. The zero-order chi connectivity index (χ0) is 40.3. The summed E-state index contributed by atoms with van der Waals surface area (Å²) >= 11 is 0. The van der Waals surface area contributed by atoms with Gasteiger partial charge in [-0.3, -0.25) is 24.0 Å². The number of aliphatic carboxylic acids is 1. The van der Waals surface area contributed by atoms with Crippen LogP contribution in [0.5, 0.6) is 0 Å². The van der Waals surface area contributed by atoms with Crippen LogP contribution in [0, 0.1) is 11.8 Å². The zero-order valence-electron chi connectivity index (χ0n) is 33.6. The average molecular weight is 749 g/mol. The van der Waals surface area contributed by atoms with Gasteiger partial charge in [0.1, 0.15) is 11.6 Å². The summed E-state index contributed by atoms with van der Waals surface area (Å²) in [6, 6.07) is 13.6. The number of aryl methyl sites for hydroxylation is 1. The minimum atomic E-state index is -1.15. The van der Waals surface area contributed by atoms with Crippen molar-refractivity contribution in [2.75, 3.05) is 0 Å². The maximum Gasteiger partial charge on any atom is 0.326 e. The summed E-state index contributed by atoms with van der Waals surface area (Å²) in [6.45, 7) is 12.9. The molecule has 54 heavy (non-hydrogen) atoms. The Hall–Kier alpha value is -4.34. The van der Waals surface area contributed by atoms with Gasteiger partial charge in [0, 0.05) is 36.7 Å². The number of ether oxygens (including phenoxy) is 1. The van der Waals surface area contributed by atoms with E-state index in [4.69, 9.17) is 4.74 Å². The van der Waals surface area contributed by atoms with Crippen LogP contribution in [0.25, 0.3) is 11.1 Å². The number of hydrogen-bond donors (Lipinski definition) is 3. The topological polar surface area (TPSA) is 156 Å². The molecule has 2 amide bonds. The molecule has 0 spiro atoms. The van der Waals surface area contributed by atoms with Gasteiger partial charge in [-0.25, -0.2) is 4.79 Å². The molecule has 0 heterocycles. The second-order valence-electron chi connectivity index (χ2n) is 15.5. The maximum atomic E-state index is 13.9. The number of nitrogens with one attached hydrogen (secondary N) is 2. The molecule has 0 radical (unpaired) electrons. The number of ketones is 2. The second-order valence-corrected chi connectivity index (χ2v) is 15.5. The smallest absolute Gasteiger partial charge is 0.326 e. The molecule has 0 aromatic heterocycles. The van der Waals surface area contributed by atoms with Crippen molar-refractivity contribution in [3.8, 4) is 11.1 Å². The van der Waals surface area contributed by atoms with Crippen molar-refractivity contribution in [1.82, 2.24) is 10.6 Å². The van der Waals surface area contributed by atoms with Gasteiger partial charge in [-0.15, -0.1) is 0 Å². The van der Waals surface area contributed by atoms with Crippen LogP contribution in [-0.2, 0) is 35.1 Å². The summed E-state index contributed by atoms with van der Waals surface area (Å²) in [4.78, 5) is 78.5. The van der Waals surface area contributed by atoms with E-state index < -0.39 is 59.1 Å². The third kappa shape index (κ3) is 16.8. The number of benzene rings is 2. The van der Waals surface area contributed by atoms with Crippen molar-refractivity contribution >= 4 is 35.3 Å². The number of Topliss-reactive ketones (excluding diaryl/α,β-unsaturated/α-hetero) is 2. The Balaban J connectivity index is 2.23. The molecule has 10 heteroatoms. The lowest BCUT2D eigenvalue weighted by molar-refractivity contribution is -0.155. The highest BCUT2D eigenvalue weighted by molar-refractivity contribution is 6.00. The monoisotopic (exact) mass is 748 g/mol. The van der Waals surface area contributed by atoms with E-state index in [0.29, 0.717) is 24.8 Å². The lowest BCUT2D eigenvalue weighted by atomic mass is 9.90. The second kappa shape index (κ2) is 23.4. The van der Waals surface area contributed by atoms with Crippen molar-refractivity contribution in [2.45, 2.75) is 156 Å². The molecule has 0 aliphatic carbocycles. The fourth-order valence-electron chi connectivity index (χ4n) is 6.18. The molecule has 4 atom stereocenters. The molecule has 10 nitrogen and oxygen atoms in total. The number of carboxylic acid groups (broad SMARTS) is 1. The van der Waals surface area contributed by atoms with E-state index in [2.05, 4.69) is 41.8 Å². The molecule has 0 saturated carbocycles. The van der Waals surface area contributed by atoms with Crippen LogP contribution >= 0.6 is 0 Å². The molecule has 2 rings (SSSR count). The third-order valence-corrected chi connectivity index (χ3v) is 9.45. The summed E-state index contributed by atoms with van der Waals surface area (Å²) in [5.41, 5.74) is 3.08. The lowest BCUT2D eigenvalue weighted by Gasteiger charge is -2.24. The molecule has 0 bridgehead atoms. The lowest BCUT2D eigenvalue weighted by Crippen LogP contribution is -2.47.